The van der Waals surface area contributed by atoms with Gasteiger partial charge >= 0.3 is 12.3 Å². The molecular formula is C62H100Br2N2O12. The Kier molecular flexibility index (Phi) is 39.0. The van der Waals surface area contributed by atoms with Crippen LogP contribution in [0.15, 0.2) is 93.9 Å². The van der Waals surface area contributed by atoms with Crippen LogP contribution in [0.25, 0.3) is 0 Å². The zero-order valence-corrected chi connectivity index (χ0v) is 45.8. The zero-order valence-electron chi connectivity index (χ0n) is 42.6. The normalized spacial score (nSPS) is 16.7. The number of carbonyl (C=O) groups is 6. The van der Waals surface area contributed by atoms with Gasteiger partial charge in [-0.2, -0.15) is 0 Å². The van der Waals surface area contributed by atoms with E-state index in [0.29, 0.717) is 34.7 Å². The number of amides is 4. The summed E-state index contributed by atoms with van der Waals surface area (Å²) < 4.78 is 21.9. The number of hydrogen-bond donors (Lipinski definition) is 2. The minimum Gasteiger partial charge on any atom is -0.508 e. The molecule has 0 bridgehead atoms. The Balaban J connectivity index is -0.000000219. The lowest BCUT2D eigenvalue weighted by Crippen LogP contribution is -2.30. The molecule has 6 unspecified atom stereocenters. The molecule has 78 heavy (non-hydrogen) atoms. The van der Waals surface area contributed by atoms with Gasteiger partial charge in [0.2, 0.25) is 23.6 Å². The van der Waals surface area contributed by atoms with Crippen LogP contribution in [0.5, 0.6) is 23.0 Å². The molecular weight excluding hydrogens is 1120 g/mol. The largest absolute Gasteiger partial charge is 0.514 e. The van der Waals surface area contributed by atoms with E-state index in [9.17, 15) is 33.9 Å². The summed E-state index contributed by atoms with van der Waals surface area (Å²) in [5.74, 6) is 0.199. The van der Waals surface area contributed by atoms with Gasteiger partial charge in [-0.3, -0.25) is 29.0 Å². The number of hydrogen-bond acceptors (Lipinski definition) is 12. The molecule has 14 nitrogen and oxygen atoms in total. The van der Waals surface area contributed by atoms with Gasteiger partial charge in [-0.15, -0.1) is 0 Å². The summed E-state index contributed by atoms with van der Waals surface area (Å²) in [6.07, 6.45) is 0.695. The maximum Gasteiger partial charge on any atom is 0.514 e. The number of imide groups is 2. The molecule has 4 aromatic rings. The number of phenolic OH excluding ortho intramolecular Hbond substituents is 2. The van der Waals surface area contributed by atoms with Crippen LogP contribution >= 0.6 is 31.9 Å². The van der Waals surface area contributed by atoms with Gasteiger partial charge in [0.1, 0.15) is 34.2 Å². The molecule has 2 saturated heterocycles. The van der Waals surface area contributed by atoms with Crippen molar-refractivity contribution in [2.45, 2.75) is 192 Å². The van der Waals surface area contributed by atoms with E-state index in [2.05, 4.69) is 59.6 Å². The molecule has 16 heteroatoms. The topological polar surface area (TPSA) is 186 Å². The summed E-state index contributed by atoms with van der Waals surface area (Å²) in [6.45, 7) is 26.3. The fraction of sp³-hybridized carbons (Fsp3) is 0.516. The predicted molar refractivity (Wildman–Crippen MR) is 331 cm³/mol. The zero-order chi connectivity index (χ0) is 53.0. The van der Waals surface area contributed by atoms with Crippen molar-refractivity contribution in [1.29, 1.82) is 0 Å². The number of phenols is 2. The van der Waals surface area contributed by atoms with Crippen molar-refractivity contribution < 1.29 is 57.9 Å². The molecule has 4 aromatic carbocycles. The maximum absolute atomic E-state index is 12.1. The van der Waals surface area contributed by atoms with E-state index >= 15 is 0 Å². The quantitative estimate of drug-likeness (QED) is 0.0967. The molecule has 2 N–H and O–H groups in total. The molecule has 0 radical (unpaired) electrons. The van der Waals surface area contributed by atoms with E-state index in [1.807, 2.05) is 24.3 Å². The monoisotopic (exact) mass is 1220 g/mol. The molecule has 444 valence electrons. The van der Waals surface area contributed by atoms with Gasteiger partial charge in [0.25, 0.3) is 0 Å². The third-order valence-electron chi connectivity index (χ3n) is 11.6. The lowest BCUT2D eigenvalue weighted by molar-refractivity contribution is -0.124. The highest BCUT2D eigenvalue weighted by Gasteiger charge is 2.44. The Labute approximate surface area is 488 Å². The fourth-order valence-corrected chi connectivity index (χ4v) is 7.47. The Hall–Kier alpha value is -5.74. The molecule has 0 saturated carbocycles. The van der Waals surface area contributed by atoms with E-state index < -0.39 is 23.5 Å². The van der Waals surface area contributed by atoms with Crippen LogP contribution in [-0.4, -0.2) is 57.4 Å². The fourth-order valence-electron chi connectivity index (χ4n) is 6.60. The van der Waals surface area contributed by atoms with E-state index in [1.165, 1.54) is 45.2 Å². The minimum absolute atomic E-state index is 0. The molecule has 0 spiro atoms. The second-order valence-corrected chi connectivity index (χ2v) is 21.0. The standard InChI is InChI=1S/C17H21NO5.C15H21BrO3.C12H13NO3.C10H13BrO.8CH4/c1-10-11(2)15(20)18(14(10)19)12-6-8-13(9-7-12)22-16(21)23-17(3,4)5;1-6-10(2)11-7-8-13(12(16)9-11)18-14(17)19-15(3,4)5;1-7-8(2)12(16)13(11(7)15)9-3-5-10(14)6-4-9;1-3-7(2)8-4-5-10(12)9(11)6-8;;;;;;;;/h6-11H,1-5H3;7-10H,6H2,1-5H3;3-8,14H,1-2H3;4-7,12H,3H2,1-2H3;8*1H4. The summed E-state index contributed by atoms with van der Waals surface area (Å²) in [5.41, 5.74) is 2.27. The van der Waals surface area contributed by atoms with Crippen LogP contribution < -0.4 is 19.3 Å². The number of ether oxygens (including phenoxy) is 4. The molecule has 2 aliphatic rings. The van der Waals surface area contributed by atoms with Crippen molar-refractivity contribution in [3.8, 4) is 23.0 Å². The molecule has 2 heterocycles. The van der Waals surface area contributed by atoms with Crippen LogP contribution in [0.4, 0.5) is 21.0 Å². The Bertz CT molecular complexity index is 2430. The summed E-state index contributed by atoms with van der Waals surface area (Å²) >= 11 is 6.71. The Morgan fingerprint density at radius 2 is 0.833 bits per heavy atom. The van der Waals surface area contributed by atoms with Gasteiger partial charge < -0.3 is 29.2 Å². The molecule has 4 amide bonds. The third-order valence-corrected chi connectivity index (χ3v) is 12.9. The average molecular weight is 1230 g/mol. The van der Waals surface area contributed by atoms with Crippen LogP contribution in [0, 0.1) is 23.7 Å². The van der Waals surface area contributed by atoms with Crippen LogP contribution in [0.3, 0.4) is 0 Å². The number of benzene rings is 4. The molecule has 0 aliphatic carbocycles. The lowest BCUT2D eigenvalue weighted by Gasteiger charge is -2.19. The molecule has 6 rings (SSSR count). The number of aromatic hydroxyl groups is 2. The van der Waals surface area contributed by atoms with Gasteiger partial charge in [0, 0.05) is 23.7 Å². The van der Waals surface area contributed by atoms with Gasteiger partial charge in [-0.1, -0.05) is 127 Å². The predicted octanol–water partition coefficient (Wildman–Crippen LogP) is 18.7. The van der Waals surface area contributed by atoms with Crippen molar-refractivity contribution in [2.75, 3.05) is 9.80 Å². The van der Waals surface area contributed by atoms with Crippen LogP contribution in [0.1, 0.15) is 192 Å². The highest BCUT2D eigenvalue weighted by molar-refractivity contribution is 9.11. The second kappa shape index (κ2) is 36.4. The number of anilines is 2. The van der Waals surface area contributed by atoms with Crippen molar-refractivity contribution >= 4 is 79.2 Å². The first-order valence-electron chi connectivity index (χ1n) is 23.2. The van der Waals surface area contributed by atoms with Gasteiger partial charge in [0.05, 0.1) is 20.3 Å². The highest BCUT2D eigenvalue weighted by atomic mass is 79.9. The first-order valence-corrected chi connectivity index (χ1v) is 24.8. The average Bonchev–Trinajstić information content (AvgIpc) is 3.60. The van der Waals surface area contributed by atoms with Crippen molar-refractivity contribution in [3.63, 3.8) is 0 Å². The number of nitrogens with zero attached hydrogens (tertiary/aromatic N) is 2. The Morgan fingerprint density at radius 3 is 1.15 bits per heavy atom. The third kappa shape index (κ3) is 24.1. The Morgan fingerprint density at radius 1 is 0.513 bits per heavy atom. The van der Waals surface area contributed by atoms with Crippen molar-refractivity contribution in [2.24, 2.45) is 23.7 Å². The number of rotatable bonds is 8. The summed E-state index contributed by atoms with van der Waals surface area (Å²) in [5, 5.41) is 18.4. The van der Waals surface area contributed by atoms with E-state index in [-0.39, 0.29) is 118 Å². The van der Waals surface area contributed by atoms with E-state index in [0.717, 1.165) is 21.8 Å². The first kappa shape index (κ1) is 83.6. The van der Waals surface area contributed by atoms with Crippen LogP contribution in [0.2, 0.25) is 0 Å². The SMILES string of the molecule is C.C.C.C.C.C.C.C.CC1C(=O)N(c2ccc(O)cc2)C(=O)C1C.CC1C(=O)N(c2ccc(OC(=O)OC(C)(C)C)cc2)C(=O)C1C.CCC(C)c1ccc(O)c(Br)c1.CCC(C)c1ccc(OC(=O)OC(C)(C)C)c(Br)c1. The summed E-state index contributed by atoms with van der Waals surface area (Å²) in [6, 6.07) is 23.6. The molecule has 6 atom stereocenters. The summed E-state index contributed by atoms with van der Waals surface area (Å²) in [7, 11) is 0. The number of halogens is 2. The second-order valence-electron chi connectivity index (χ2n) is 19.3. The molecule has 2 aliphatic heterocycles. The summed E-state index contributed by atoms with van der Waals surface area (Å²) in [4.78, 5) is 73.5. The van der Waals surface area contributed by atoms with Gasteiger partial charge in [0.15, 0.2) is 0 Å². The maximum atomic E-state index is 12.1. The lowest BCUT2D eigenvalue weighted by atomic mass is 9.99. The van der Waals surface area contributed by atoms with Gasteiger partial charge in [-0.05, 0) is 182 Å². The van der Waals surface area contributed by atoms with Crippen LogP contribution in [-0.2, 0) is 28.7 Å². The van der Waals surface area contributed by atoms with E-state index in [4.69, 9.17) is 24.1 Å². The molecule has 0 aromatic heterocycles. The molecule has 2 fully saturated rings. The van der Waals surface area contributed by atoms with E-state index in [1.54, 1.807) is 106 Å². The van der Waals surface area contributed by atoms with Gasteiger partial charge in [-0.25, -0.2) is 9.59 Å². The first-order chi connectivity index (χ1) is 32.5. The highest BCUT2D eigenvalue weighted by Crippen LogP contribution is 2.34. The smallest absolute Gasteiger partial charge is 0.508 e. The number of carbonyl (C=O) groups excluding carboxylic acids is 6. The van der Waals surface area contributed by atoms with Crippen molar-refractivity contribution in [3.05, 3.63) is 105 Å². The minimum atomic E-state index is -0.805. The van der Waals surface area contributed by atoms with Crippen molar-refractivity contribution in [1.82, 2.24) is 0 Å².